The van der Waals surface area contributed by atoms with Gasteiger partial charge in [0.1, 0.15) is 0 Å². The van der Waals surface area contributed by atoms with E-state index in [1.165, 1.54) is 16.7 Å². The summed E-state index contributed by atoms with van der Waals surface area (Å²) in [6.07, 6.45) is 0. The first-order valence-corrected chi connectivity index (χ1v) is 11.6. The molecule has 7 nitrogen and oxygen atoms in total. The number of benzene rings is 2. The zero-order chi connectivity index (χ0) is 21.2. The SMILES string of the molecule is CCOc1ccc(C(C)NS(=O)(=O)c2ccc3c(c2)sc(=O)n3C)cc1OCC. The van der Waals surface area contributed by atoms with Gasteiger partial charge < -0.3 is 14.0 Å². The van der Waals surface area contributed by atoms with Crippen LogP contribution in [0.3, 0.4) is 0 Å². The zero-order valence-electron chi connectivity index (χ0n) is 16.8. The highest BCUT2D eigenvalue weighted by atomic mass is 32.2. The van der Waals surface area contributed by atoms with Crippen LogP contribution in [0, 0.1) is 0 Å². The van der Waals surface area contributed by atoms with Crippen molar-refractivity contribution in [2.45, 2.75) is 31.7 Å². The minimum Gasteiger partial charge on any atom is -0.490 e. The molecule has 0 saturated carbocycles. The van der Waals surface area contributed by atoms with Crippen molar-refractivity contribution in [1.82, 2.24) is 9.29 Å². The summed E-state index contributed by atoms with van der Waals surface area (Å²) in [5.41, 5.74) is 1.46. The fraction of sp³-hybridized carbons (Fsp3) is 0.350. The predicted molar refractivity (Wildman–Crippen MR) is 115 cm³/mol. The maximum atomic E-state index is 12.9. The van der Waals surface area contributed by atoms with Crippen molar-refractivity contribution in [3.05, 3.63) is 51.6 Å². The quantitative estimate of drug-likeness (QED) is 0.585. The van der Waals surface area contributed by atoms with Gasteiger partial charge in [-0.2, -0.15) is 0 Å². The van der Waals surface area contributed by atoms with E-state index in [9.17, 15) is 13.2 Å². The minimum atomic E-state index is -3.77. The fourth-order valence-corrected chi connectivity index (χ4v) is 5.24. The number of aryl methyl sites for hydroxylation is 1. The molecule has 3 rings (SSSR count). The summed E-state index contributed by atoms with van der Waals surface area (Å²) < 4.78 is 41.8. The lowest BCUT2D eigenvalue weighted by molar-refractivity contribution is 0.287. The molecule has 2 aromatic carbocycles. The molecule has 1 heterocycles. The number of aromatic nitrogens is 1. The van der Waals surface area contributed by atoms with Gasteiger partial charge in [-0.25, -0.2) is 13.1 Å². The van der Waals surface area contributed by atoms with Gasteiger partial charge in [0.05, 0.1) is 28.3 Å². The Kier molecular flexibility index (Phi) is 6.30. The molecule has 9 heteroatoms. The zero-order valence-corrected chi connectivity index (χ0v) is 18.4. The summed E-state index contributed by atoms with van der Waals surface area (Å²) in [6.45, 7) is 6.52. The van der Waals surface area contributed by atoms with Crippen LogP contribution in [0.1, 0.15) is 32.4 Å². The molecule has 0 bridgehead atoms. The molecule has 0 spiro atoms. The highest BCUT2D eigenvalue weighted by Gasteiger charge is 2.21. The van der Waals surface area contributed by atoms with E-state index in [-0.39, 0.29) is 9.77 Å². The van der Waals surface area contributed by atoms with Crippen molar-refractivity contribution < 1.29 is 17.9 Å². The summed E-state index contributed by atoms with van der Waals surface area (Å²) in [5.74, 6) is 1.20. The Bertz CT molecular complexity index is 1180. The number of hydrogen-bond donors (Lipinski definition) is 1. The second-order valence-electron chi connectivity index (χ2n) is 6.47. The predicted octanol–water partition coefficient (Wildman–Crippen LogP) is 3.44. The monoisotopic (exact) mass is 436 g/mol. The Labute approximate surface area is 173 Å². The number of hydrogen-bond acceptors (Lipinski definition) is 6. The summed E-state index contributed by atoms with van der Waals surface area (Å²) in [4.78, 5) is 11.8. The largest absolute Gasteiger partial charge is 0.490 e. The Morgan fingerprint density at radius 3 is 2.45 bits per heavy atom. The Hall–Kier alpha value is -2.36. The molecule has 156 valence electrons. The molecule has 0 radical (unpaired) electrons. The summed E-state index contributed by atoms with van der Waals surface area (Å²) in [7, 11) is -2.11. The van der Waals surface area contributed by atoms with Crippen LogP contribution in [-0.4, -0.2) is 26.2 Å². The maximum absolute atomic E-state index is 12.9. The van der Waals surface area contributed by atoms with Crippen LogP contribution in [0.4, 0.5) is 0 Å². The third-order valence-electron chi connectivity index (χ3n) is 4.47. The first-order chi connectivity index (χ1) is 13.8. The molecule has 1 N–H and O–H groups in total. The molecule has 0 fully saturated rings. The van der Waals surface area contributed by atoms with Crippen LogP contribution in [0.2, 0.25) is 0 Å². The number of rotatable bonds is 8. The van der Waals surface area contributed by atoms with Crippen LogP contribution in [-0.2, 0) is 17.1 Å². The van der Waals surface area contributed by atoms with Crippen LogP contribution in [0.15, 0.2) is 46.1 Å². The van der Waals surface area contributed by atoms with Crippen molar-refractivity contribution in [1.29, 1.82) is 0 Å². The van der Waals surface area contributed by atoms with Crippen LogP contribution >= 0.6 is 11.3 Å². The molecular formula is C20H24N2O5S2. The van der Waals surface area contributed by atoms with Crippen molar-refractivity contribution in [3.63, 3.8) is 0 Å². The third-order valence-corrected chi connectivity index (χ3v) is 7.01. The molecule has 0 aliphatic heterocycles. The van der Waals surface area contributed by atoms with Gasteiger partial charge in [0.15, 0.2) is 11.5 Å². The first-order valence-electron chi connectivity index (χ1n) is 9.28. The highest BCUT2D eigenvalue weighted by Crippen LogP contribution is 2.31. The van der Waals surface area contributed by atoms with E-state index in [0.29, 0.717) is 34.9 Å². The summed E-state index contributed by atoms with van der Waals surface area (Å²) in [6, 6.07) is 9.58. The van der Waals surface area contributed by atoms with Gasteiger partial charge in [-0.1, -0.05) is 17.4 Å². The van der Waals surface area contributed by atoms with Crippen molar-refractivity contribution >= 4 is 31.6 Å². The van der Waals surface area contributed by atoms with E-state index in [4.69, 9.17) is 9.47 Å². The molecule has 0 amide bonds. The number of fused-ring (bicyclic) bond motifs is 1. The van der Waals surface area contributed by atoms with Gasteiger partial charge in [0.25, 0.3) is 0 Å². The Morgan fingerprint density at radius 2 is 1.76 bits per heavy atom. The Balaban J connectivity index is 1.88. The lowest BCUT2D eigenvalue weighted by atomic mass is 10.1. The lowest BCUT2D eigenvalue weighted by Crippen LogP contribution is -2.27. The average molecular weight is 437 g/mol. The standard InChI is InChI=1S/C20H24N2O5S2/c1-5-26-17-10-7-14(11-18(17)27-6-2)13(3)21-29(24,25)15-8-9-16-19(12-15)28-20(23)22(16)4/h7-13,21H,5-6H2,1-4H3. The maximum Gasteiger partial charge on any atom is 0.307 e. The van der Waals surface area contributed by atoms with Crippen LogP contribution < -0.4 is 19.1 Å². The van der Waals surface area contributed by atoms with Gasteiger partial charge in [0, 0.05) is 13.1 Å². The van der Waals surface area contributed by atoms with E-state index >= 15 is 0 Å². The second kappa shape index (κ2) is 8.56. The van der Waals surface area contributed by atoms with E-state index in [2.05, 4.69) is 4.72 Å². The molecule has 3 aromatic rings. The van der Waals surface area contributed by atoms with Crippen molar-refractivity contribution in [2.75, 3.05) is 13.2 Å². The molecule has 29 heavy (non-hydrogen) atoms. The topological polar surface area (TPSA) is 86.6 Å². The summed E-state index contributed by atoms with van der Waals surface area (Å²) in [5, 5.41) is 0. The minimum absolute atomic E-state index is 0.120. The normalized spacial score (nSPS) is 12.8. The van der Waals surface area contributed by atoms with E-state index in [0.717, 1.165) is 16.9 Å². The molecular weight excluding hydrogens is 412 g/mol. The van der Waals surface area contributed by atoms with Crippen LogP contribution in [0.5, 0.6) is 11.5 Å². The lowest BCUT2D eigenvalue weighted by Gasteiger charge is -2.17. The van der Waals surface area contributed by atoms with Gasteiger partial charge in [-0.15, -0.1) is 0 Å². The Morgan fingerprint density at radius 1 is 1.07 bits per heavy atom. The second-order valence-corrected chi connectivity index (χ2v) is 9.18. The number of ether oxygens (including phenoxy) is 2. The number of nitrogens with zero attached hydrogens (tertiary/aromatic N) is 1. The molecule has 0 aliphatic rings. The fourth-order valence-electron chi connectivity index (χ4n) is 2.99. The van der Waals surface area contributed by atoms with Crippen molar-refractivity contribution in [3.8, 4) is 11.5 Å². The van der Waals surface area contributed by atoms with Gasteiger partial charge in [0.2, 0.25) is 10.0 Å². The molecule has 1 unspecified atom stereocenters. The van der Waals surface area contributed by atoms with E-state index in [1.54, 1.807) is 32.2 Å². The van der Waals surface area contributed by atoms with Crippen LogP contribution in [0.25, 0.3) is 10.2 Å². The third kappa shape index (κ3) is 4.47. The van der Waals surface area contributed by atoms with E-state index < -0.39 is 16.1 Å². The molecule has 1 atom stereocenters. The number of nitrogens with one attached hydrogen (secondary N) is 1. The molecule has 0 aliphatic carbocycles. The highest BCUT2D eigenvalue weighted by molar-refractivity contribution is 7.89. The molecule has 1 aromatic heterocycles. The van der Waals surface area contributed by atoms with Gasteiger partial charge in [-0.3, -0.25) is 4.79 Å². The molecule has 0 saturated heterocycles. The smallest absolute Gasteiger partial charge is 0.307 e. The summed E-state index contributed by atoms with van der Waals surface area (Å²) >= 11 is 1.02. The number of sulfonamides is 1. The number of thiazole rings is 1. The average Bonchev–Trinajstić information content (AvgIpc) is 2.96. The van der Waals surface area contributed by atoms with Gasteiger partial charge >= 0.3 is 4.87 Å². The van der Waals surface area contributed by atoms with E-state index in [1.807, 2.05) is 19.9 Å². The van der Waals surface area contributed by atoms with Crippen molar-refractivity contribution in [2.24, 2.45) is 7.05 Å². The van der Waals surface area contributed by atoms with Gasteiger partial charge in [-0.05, 0) is 56.7 Å². The first kappa shape index (κ1) is 21.4.